The van der Waals surface area contributed by atoms with Crippen LogP contribution < -0.4 is 15.0 Å². The lowest BCUT2D eigenvalue weighted by Gasteiger charge is -2.25. The van der Waals surface area contributed by atoms with Crippen molar-refractivity contribution in [2.45, 2.75) is 18.7 Å². The average molecular weight is 368 g/mol. The second-order valence-corrected chi connectivity index (χ2v) is 7.51. The summed E-state index contributed by atoms with van der Waals surface area (Å²) >= 11 is 0. The Hall–Kier alpha value is -2.08. The lowest BCUT2D eigenvalue weighted by atomic mass is 9.87. The number of hydrogen-bond acceptors (Lipinski definition) is 5. The fourth-order valence-electron chi connectivity index (χ4n) is 4.75. The van der Waals surface area contributed by atoms with Crippen LogP contribution >= 0.6 is 0 Å². The molecule has 2 saturated heterocycles. The lowest BCUT2D eigenvalue weighted by Crippen LogP contribution is -2.36. The number of ether oxygens (including phenoxy) is 2. The number of para-hydroxylation sites is 1. The van der Waals surface area contributed by atoms with Gasteiger partial charge in [0, 0.05) is 55.4 Å². The summed E-state index contributed by atoms with van der Waals surface area (Å²) in [7, 11) is 3.39. The van der Waals surface area contributed by atoms with E-state index < -0.39 is 0 Å². The molecule has 5 heteroatoms. The van der Waals surface area contributed by atoms with Gasteiger partial charge in [-0.05, 0) is 29.8 Å². The van der Waals surface area contributed by atoms with Crippen LogP contribution in [0.2, 0.25) is 0 Å². The fraction of sp³-hybridized carbons (Fsp3) is 0.455. The van der Waals surface area contributed by atoms with Crippen molar-refractivity contribution in [2.24, 2.45) is 11.8 Å². The fourth-order valence-corrected chi connectivity index (χ4v) is 4.75. The highest BCUT2D eigenvalue weighted by Crippen LogP contribution is 2.44. The van der Waals surface area contributed by atoms with Crippen LogP contribution in [0, 0.1) is 11.8 Å². The van der Waals surface area contributed by atoms with Gasteiger partial charge in [-0.3, -0.25) is 0 Å². The first kappa shape index (κ1) is 18.3. The van der Waals surface area contributed by atoms with Gasteiger partial charge in [0.15, 0.2) is 0 Å². The van der Waals surface area contributed by atoms with Crippen molar-refractivity contribution in [3.63, 3.8) is 0 Å². The first-order valence-corrected chi connectivity index (χ1v) is 9.57. The van der Waals surface area contributed by atoms with E-state index in [0.29, 0.717) is 18.4 Å². The van der Waals surface area contributed by atoms with E-state index in [-0.39, 0.29) is 18.7 Å². The van der Waals surface area contributed by atoms with Crippen LogP contribution in [0.1, 0.15) is 17.2 Å². The number of aliphatic hydroxyl groups excluding tert-OH is 1. The molecule has 0 aliphatic carbocycles. The number of methoxy groups -OCH3 is 2. The largest absolute Gasteiger partial charge is 0.496 e. The number of anilines is 1. The van der Waals surface area contributed by atoms with E-state index in [9.17, 15) is 5.11 Å². The Kier molecular flexibility index (Phi) is 5.34. The molecule has 2 aliphatic rings. The number of nitrogens with one attached hydrogen (secondary N) is 1. The molecule has 2 aromatic rings. The quantitative estimate of drug-likeness (QED) is 0.821. The molecule has 5 nitrogen and oxygen atoms in total. The van der Waals surface area contributed by atoms with Crippen molar-refractivity contribution in [3.05, 3.63) is 59.7 Å². The van der Waals surface area contributed by atoms with E-state index in [0.717, 1.165) is 24.4 Å². The third-order valence-corrected chi connectivity index (χ3v) is 6.03. The van der Waals surface area contributed by atoms with E-state index in [4.69, 9.17) is 9.47 Å². The molecule has 2 aliphatic heterocycles. The molecule has 2 aromatic carbocycles. The number of benzene rings is 2. The van der Waals surface area contributed by atoms with Crippen LogP contribution in [-0.2, 0) is 11.3 Å². The van der Waals surface area contributed by atoms with E-state index in [1.54, 1.807) is 14.2 Å². The molecule has 144 valence electrons. The topological polar surface area (TPSA) is 54.0 Å². The molecule has 0 bridgehead atoms. The molecule has 2 heterocycles. The summed E-state index contributed by atoms with van der Waals surface area (Å²) in [4.78, 5) is 2.45. The monoisotopic (exact) mass is 368 g/mol. The molecule has 0 spiro atoms. The molecule has 0 radical (unpaired) electrons. The van der Waals surface area contributed by atoms with Crippen LogP contribution in [0.3, 0.4) is 0 Å². The standard InChI is InChI=1S/C22H28N2O3/c1-26-14-16-10-15(8-9-21(16)27-2)22-19-12-24(17-6-4-3-5-7-17)11-18(19)20(13-25)23-22/h3-10,18-20,22-23,25H,11-14H2,1-2H3/t18-,19+,20-,22+/m0/s1. The number of nitrogens with zero attached hydrogens (tertiary/aromatic N) is 1. The zero-order valence-electron chi connectivity index (χ0n) is 16.0. The lowest BCUT2D eigenvalue weighted by molar-refractivity contribution is 0.181. The van der Waals surface area contributed by atoms with Gasteiger partial charge < -0.3 is 24.8 Å². The third-order valence-electron chi connectivity index (χ3n) is 6.03. The van der Waals surface area contributed by atoms with Gasteiger partial charge in [-0.2, -0.15) is 0 Å². The van der Waals surface area contributed by atoms with Crippen LogP contribution in [0.15, 0.2) is 48.5 Å². The van der Waals surface area contributed by atoms with E-state index in [1.807, 2.05) is 6.07 Å². The molecule has 4 atom stereocenters. The zero-order chi connectivity index (χ0) is 18.8. The Bertz CT molecular complexity index is 767. The first-order chi connectivity index (χ1) is 13.2. The van der Waals surface area contributed by atoms with Crippen molar-refractivity contribution < 1.29 is 14.6 Å². The Labute approximate surface area is 160 Å². The zero-order valence-corrected chi connectivity index (χ0v) is 16.0. The highest BCUT2D eigenvalue weighted by molar-refractivity contribution is 5.48. The maximum Gasteiger partial charge on any atom is 0.124 e. The number of fused-ring (bicyclic) bond motifs is 1. The molecule has 0 amide bonds. The molecular weight excluding hydrogens is 340 g/mol. The van der Waals surface area contributed by atoms with E-state index in [1.165, 1.54) is 11.3 Å². The summed E-state index contributed by atoms with van der Waals surface area (Å²) in [6, 6.07) is 17.3. The second kappa shape index (κ2) is 7.89. The summed E-state index contributed by atoms with van der Waals surface area (Å²) in [5.74, 6) is 1.76. The SMILES string of the molecule is COCc1cc([C@H]2N[C@@H](CO)[C@H]3CN(c4ccccc4)C[C@H]32)ccc1OC. The normalized spacial score (nSPS) is 27.0. The summed E-state index contributed by atoms with van der Waals surface area (Å²) < 4.78 is 10.8. The number of rotatable bonds is 6. The minimum absolute atomic E-state index is 0.127. The molecular formula is C22H28N2O3. The molecule has 0 saturated carbocycles. The van der Waals surface area contributed by atoms with Crippen molar-refractivity contribution in [1.82, 2.24) is 5.32 Å². The van der Waals surface area contributed by atoms with Gasteiger partial charge in [0.25, 0.3) is 0 Å². The highest BCUT2D eigenvalue weighted by atomic mass is 16.5. The number of aliphatic hydroxyl groups is 1. The maximum absolute atomic E-state index is 9.93. The van der Waals surface area contributed by atoms with Gasteiger partial charge in [-0.1, -0.05) is 24.3 Å². The van der Waals surface area contributed by atoms with Crippen LogP contribution in [-0.4, -0.2) is 45.1 Å². The summed E-state index contributed by atoms with van der Waals surface area (Å²) in [5.41, 5.74) is 3.56. The first-order valence-electron chi connectivity index (χ1n) is 9.57. The van der Waals surface area contributed by atoms with Gasteiger partial charge in [0.2, 0.25) is 0 Å². The predicted octanol–water partition coefficient (Wildman–Crippen LogP) is 2.60. The molecule has 2 fully saturated rings. The molecule has 2 N–H and O–H groups in total. The maximum atomic E-state index is 9.93. The Morgan fingerprint density at radius 1 is 1.07 bits per heavy atom. The molecule has 4 rings (SSSR count). The summed E-state index contributed by atoms with van der Waals surface area (Å²) in [6.45, 7) is 2.66. The van der Waals surface area contributed by atoms with Crippen molar-refractivity contribution in [2.75, 3.05) is 38.8 Å². The van der Waals surface area contributed by atoms with E-state index >= 15 is 0 Å². The Morgan fingerprint density at radius 3 is 2.56 bits per heavy atom. The van der Waals surface area contributed by atoms with Gasteiger partial charge >= 0.3 is 0 Å². The second-order valence-electron chi connectivity index (χ2n) is 7.51. The summed E-state index contributed by atoms with van der Waals surface area (Å²) in [5, 5.41) is 13.6. The van der Waals surface area contributed by atoms with Crippen molar-refractivity contribution in [3.8, 4) is 5.75 Å². The minimum atomic E-state index is 0.127. The van der Waals surface area contributed by atoms with Crippen LogP contribution in [0.4, 0.5) is 5.69 Å². The minimum Gasteiger partial charge on any atom is -0.496 e. The average Bonchev–Trinajstić information content (AvgIpc) is 3.28. The van der Waals surface area contributed by atoms with Gasteiger partial charge in [-0.15, -0.1) is 0 Å². The predicted molar refractivity (Wildman–Crippen MR) is 106 cm³/mol. The van der Waals surface area contributed by atoms with E-state index in [2.05, 4.69) is 52.7 Å². The van der Waals surface area contributed by atoms with Gasteiger partial charge in [0.05, 0.1) is 20.3 Å². The Morgan fingerprint density at radius 2 is 1.85 bits per heavy atom. The van der Waals surface area contributed by atoms with Crippen molar-refractivity contribution >= 4 is 5.69 Å². The van der Waals surface area contributed by atoms with Gasteiger partial charge in [0.1, 0.15) is 5.75 Å². The molecule has 0 aromatic heterocycles. The molecule has 0 unspecified atom stereocenters. The highest BCUT2D eigenvalue weighted by Gasteiger charge is 2.48. The van der Waals surface area contributed by atoms with Crippen LogP contribution in [0.5, 0.6) is 5.75 Å². The molecule has 27 heavy (non-hydrogen) atoms. The number of hydrogen-bond donors (Lipinski definition) is 2. The summed E-state index contributed by atoms with van der Waals surface area (Å²) in [6.07, 6.45) is 0. The van der Waals surface area contributed by atoms with Gasteiger partial charge in [-0.25, -0.2) is 0 Å². The smallest absolute Gasteiger partial charge is 0.124 e. The third kappa shape index (κ3) is 3.43. The van der Waals surface area contributed by atoms with Crippen molar-refractivity contribution in [1.29, 1.82) is 0 Å². The Balaban J connectivity index is 1.61. The van der Waals surface area contributed by atoms with Crippen LogP contribution in [0.25, 0.3) is 0 Å².